The summed E-state index contributed by atoms with van der Waals surface area (Å²) in [6.45, 7) is 1.01. The molecule has 0 amide bonds. The molecule has 3 nitrogen and oxygen atoms in total. The Kier molecular flexibility index (Phi) is 3.15. The van der Waals surface area contributed by atoms with Gasteiger partial charge in [-0.2, -0.15) is 0 Å². The summed E-state index contributed by atoms with van der Waals surface area (Å²) in [4.78, 5) is 11.3. The number of hydrogen-bond donors (Lipinski definition) is 0. The van der Waals surface area contributed by atoms with E-state index in [1.54, 1.807) is 11.8 Å². The predicted octanol–water partition coefficient (Wildman–Crippen LogP) is 3.42. The van der Waals surface area contributed by atoms with Crippen LogP contribution in [0.3, 0.4) is 0 Å². The average molecular weight is 299 g/mol. The molecule has 0 spiro atoms. The molecule has 0 N–H and O–H groups in total. The molecule has 0 aliphatic carbocycles. The summed E-state index contributed by atoms with van der Waals surface area (Å²) in [5, 5.41) is 1.10. The number of aliphatic imine (C=N–C) groups is 1. The first-order valence-electron chi connectivity index (χ1n) is 6.95. The first-order valence-corrected chi connectivity index (χ1v) is 7.94. The van der Waals surface area contributed by atoms with Crippen LogP contribution in [0, 0.1) is 5.82 Å². The van der Waals surface area contributed by atoms with Crippen LogP contribution in [-0.4, -0.2) is 27.3 Å². The molecule has 21 heavy (non-hydrogen) atoms. The summed E-state index contributed by atoms with van der Waals surface area (Å²) >= 11 is 1.80. The van der Waals surface area contributed by atoms with E-state index in [0.717, 1.165) is 23.0 Å². The smallest absolute Gasteiger partial charge is 0.160 e. The molecule has 2 aliphatic rings. The number of aromatic nitrogens is 1. The molecule has 0 bridgehead atoms. The summed E-state index contributed by atoms with van der Waals surface area (Å²) in [6, 6.07) is 11.0. The molecule has 0 radical (unpaired) electrons. The second-order valence-corrected chi connectivity index (χ2v) is 6.24. The van der Waals surface area contributed by atoms with Gasteiger partial charge in [0.25, 0.3) is 0 Å². The molecule has 2 aliphatic heterocycles. The molecule has 2 unspecified atom stereocenters. The lowest BCUT2D eigenvalue weighted by Crippen LogP contribution is -2.27. The highest BCUT2D eigenvalue weighted by molar-refractivity contribution is 8.14. The largest absolute Gasteiger partial charge is 0.341 e. The Labute approximate surface area is 126 Å². The fraction of sp³-hybridized carbons (Fsp3) is 0.250. The monoisotopic (exact) mass is 299 g/mol. The highest BCUT2D eigenvalue weighted by Gasteiger charge is 2.40. The minimum atomic E-state index is -0.209. The topological polar surface area (TPSA) is 28.5 Å². The maximum absolute atomic E-state index is 13.2. The second kappa shape index (κ2) is 5.15. The number of pyridine rings is 1. The number of amidine groups is 1. The molecular formula is C16H14FN3S. The van der Waals surface area contributed by atoms with Crippen molar-refractivity contribution in [1.82, 2.24) is 9.88 Å². The zero-order chi connectivity index (χ0) is 14.2. The Hall–Kier alpha value is -1.88. The van der Waals surface area contributed by atoms with Crippen molar-refractivity contribution in [2.24, 2.45) is 4.99 Å². The molecule has 2 atom stereocenters. The summed E-state index contributed by atoms with van der Waals surface area (Å²) in [5.74, 6) is 0.871. The third-order valence-electron chi connectivity index (χ3n) is 3.95. The maximum Gasteiger partial charge on any atom is 0.160 e. The van der Waals surface area contributed by atoms with Gasteiger partial charge >= 0.3 is 0 Å². The molecular weight excluding hydrogens is 285 g/mol. The highest BCUT2D eigenvalue weighted by atomic mass is 32.2. The number of benzene rings is 1. The van der Waals surface area contributed by atoms with Crippen molar-refractivity contribution in [3.05, 3.63) is 65.7 Å². The standard InChI is InChI=1S/C16H14FN3S/c17-13-3-1-11(2-4-13)14-15(12-5-7-18-8-6-12)20-9-10-21-16(20)19-14/h1-8,14-15H,9-10H2. The van der Waals surface area contributed by atoms with Crippen LogP contribution < -0.4 is 0 Å². The van der Waals surface area contributed by atoms with Gasteiger partial charge in [-0.1, -0.05) is 23.9 Å². The first-order chi connectivity index (χ1) is 10.3. The van der Waals surface area contributed by atoms with Crippen LogP contribution in [0.1, 0.15) is 23.2 Å². The molecule has 2 aromatic rings. The van der Waals surface area contributed by atoms with Gasteiger partial charge in [-0.3, -0.25) is 9.98 Å². The summed E-state index contributed by atoms with van der Waals surface area (Å²) in [5.41, 5.74) is 2.27. The van der Waals surface area contributed by atoms with Crippen molar-refractivity contribution in [3.63, 3.8) is 0 Å². The molecule has 1 saturated heterocycles. The van der Waals surface area contributed by atoms with Crippen LogP contribution >= 0.6 is 11.8 Å². The number of fused-ring (bicyclic) bond motifs is 1. The fourth-order valence-corrected chi connectivity index (χ4v) is 4.01. The van der Waals surface area contributed by atoms with Gasteiger partial charge in [0.15, 0.2) is 5.17 Å². The maximum atomic E-state index is 13.2. The minimum absolute atomic E-state index is 0.0239. The molecule has 1 aromatic carbocycles. The first kappa shape index (κ1) is 12.8. The fourth-order valence-electron chi connectivity index (χ4n) is 2.98. The quantitative estimate of drug-likeness (QED) is 0.850. The van der Waals surface area contributed by atoms with Crippen molar-refractivity contribution >= 4 is 16.9 Å². The number of rotatable bonds is 2. The van der Waals surface area contributed by atoms with Gasteiger partial charge in [-0.25, -0.2) is 4.39 Å². The lowest BCUT2D eigenvalue weighted by atomic mass is 9.94. The van der Waals surface area contributed by atoms with Gasteiger partial charge in [0.1, 0.15) is 11.9 Å². The van der Waals surface area contributed by atoms with Crippen molar-refractivity contribution in [2.45, 2.75) is 12.1 Å². The molecule has 4 rings (SSSR count). The van der Waals surface area contributed by atoms with E-state index in [-0.39, 0.29) is 17.9 Å². The van der Waals surface area contributed by atoms with Gasteiger partial charge in [-0.15, -0.1) is 0 Å². The molecule has 3 heterocycles. The van der Waals surface area contributed by atoms with Crippen LogP contribution in [0.5, 0.6) is 0 Å². The molecule has 5 heteroatoms. The van der Waals surface area contributed by atoms with Crippen molar-refractivity contribution in [3.8, 4) is 0 Å². The van der Waals surface area contributed by atoms with E-state index >= 15 is 0 Å². The summed E-state index contributed by atoms with van der Waals surface area (Å²) < 4.78 is 13.2. The lowest BCUT2D eigenvalue weighted by Gasteiger charge is -2.27. The predicted molar refractivity (Wildman–Crippen MR) is 82.7 cm³/mol. The van der Waals surface area contributed by atoms with E-state index in [9.17, 15) is 4.39 Å². The second-order valence-electron chi connectivity index (χ2n) is 5.18. The lowest BCUT2D eigenvalue weighted by molar-refractivity contribution is 0.335. The molecule has 1 aromatic heterocycles. The van der Waals surface area contributed by atoms with E-state index < -0.39 is 0 Å². The zero-order valence-corrected chi connectivity index (χ0v) is 12.1. The van der Waals surface area contributed by atoms with Gasteiger partial charge in [0.2, 0.25) is 0 Å². The van der Waals surface area contributed by atoms with Gasteiger partial charge in [0.05, 0.1) is 6.04 Å². The van der Waals surface area contributed by atoms with Crippen LogP contribution in [0.4, 0.5) is 4.39 Å². The minimum Gasteiger partial charge on any atom is -0.341 e. The number of halogens is 1. The van der Waals surface area contributed by atoms with Gasteiger partial charge in [-0.05, 0) is 35.4 Å². The Morgan fingerprint density at radius 3 is 2.57 bits per heavy atom. The Bertz CT molecular complexity index is 672. The average Bonchev–Trinajstić information content (AvgIpc) is 3.09. The van der Waals surface area contributed by atoms with Gasteiger partial charge < -0.3 is 4.90 Å². The molecule has 106 valence electrons. The third kappa shape index (κ3) is 2.21. The van der Waals surface area contributed by atoms with Crippen molar-refractivity contribution in [1.29, 1.82) is 0 Å². The van der Waals surface area contributed by atoms with E-state index in [1.807, 2.05) is 36.7 Å². The van der Waals surface area contributed by atoms with Crippen molar-refractivity contribution < 1.29 is 4.39 Å². The van der Waals surface area contributed by atoms with E-state index in [0.29, 0.717) is 0 Å². The van der Waals surface area contributed by atoms with Crippen LogP contribution in [-0.2, 0) is 0 Å². The van der Waals surface area contributed by atoms with E-state index in [4.69, 9.17) is 4.99 Å². The van der Waals surface area contributed by atoms with Crippen molar-refractivity contribution in [2.75, 3.05) is 12.3 Å². The Morgan fingerprint density at radius 2 is 1.81 bits per heavy atom. The van der Waals surface area contributed by atoms with Crippen LogP contribution in [0.15, 0.2) is 53.8 Å². The third-order valence-corrected chi connectivity index (χ3v) is 4.94. The molecule has 1 fully saturated rings. The van der Waals surface area contributed by atoms with E-state index in [2.05, 4.69) is 9.88 Å². The van der Waals surface area contributed by atoms with Crippen LogP contribution in [0.2, 0.25) is 0 Å². The number of nitrogens with zero attached hydrogens (tertiary/aromatic N) is 3. The Balaban J connectivity index is 1.76. The number of thioether (sulfide) groups is 1. The normalized spacial score (nSPS) is 24.0. The van der Waals surface area contributed by atoms with E-state index in [1.165, 1.54) is 17.7 Å². The van der Waals surface area contributed by atoms with Gasteiger partial charge in [0, 0.05) is 24.7 Å². The molecule has 0 saturated carbocycles. The number of hydrogen-bond acceptors (Lipinski definition) is 4. The SMILES string of the molecule is Fc1ccc(C2N=C3SCCN3C2c2ccncc2)cc1. The highest BCUT2D eigenvalue weighted by Crippen LogP contribution is 2.46. The summed E-state index contributed by atoms with van der Waals surface area (Å²) in [6.07, 6.45) is 3.64. The Morgan fingerprint density at radius 1 is 1.05 bits per heavy atom. The summed E-state index contributed by atoms with van der Waals surface area (Å²) in [7, 11) is 0. The van der Waals surface area contributed by atoms with Crippen LogP contribution in [0.25, 0.3) is 0 Å². The zero-order valence-electron chi connectivity index (χ0n) is 11.3.